The smallest absolute Gasteiger partial charge is 0.303 e. The van der Waals surface area contributed by atoms with E-state index in [1.807, 2.05) is 0 Å². The van der Waals surface area contributed by atoms with Crippen molar-refractivity contribution in [3.63, 3.8) is 0 Å². The summed E-state index contributed by atoms with van der Waals surface area (Å²) in [5, 5.41) is 8.58. The third-order valence-electron chi connectivity index (χ3n) is 6.23. The van der Waals surface area contributed by atoms with E-state index in [1.54, 1.807) is 0 Å². The summed E-state index contributed by atoms with van der Waals surface area (Å²) in [6.45, 7) is 0. The summed E-state index contributed by atoms with van der Waals surface area (Å²) < 4.78 is 0. The van der Waals surface area contributed by atoms with Crippen LogP contribution in [0.25, 0.3) is 0 Å². The number of carbonyl (C=O) groups is 1. The summed E-state index contributed by atoms with van der Waals surface area (Å²) in [7, 11) is 0. The second-order valence-electron chi connectivity index (χ2n) is 8.74. The van der Waals surface area contributed by atoms with Gasteiger partial charge in [-0.3, -0.25) is 4.79 Å². The molecule has 1 rings (SSSR count). The van der Waals surface area contributed by atoms with Crippen LogP contribution in [0.15, 0.2) is 0 Å². The minimum atomic E-state index is -0.649. The summed E-state index contributed by atoms with van der Waals surface area (Å²) in [5.74, 6) is 0.429. The van der Waals surface area contributed by atoms with Crippen molar-refractivity contribution in [2.24, 2.45) is 5.92 Å². The maximum Gasteiger partial charge on any atom is 0.303 e. The largest absolute Gasteiger partial charge is 0.481 e. The molecule has 2 heteroatoms. The second kappa shape index (κ2) is 17.9. The van der Waals surface area contributed by atoms with Crippen LogP contribution in [0.1, 0.15) is 141 Å². The molecular weight excluding hydrogens is 320 g/mol. The first-order chi connectivity index (χ1) is 12.8. The molecule has 0 radical (unpaired) electrons. The van der Waals surface area contributed by atoms with E-state index < -0.39 is 5.97 Å². The Hall–Kier alpha value is -0.530. The Morgan fingerprint density at radius 1 is 0.577 bits per heavy atom. The normalized spacial score (nSPS) is 15.4. The van der Waals surface area contributed by atoms with Gasteiger partial charge in [-0.2, -0.15) is 0 Å². The van der Waals surface area contributed by atoms with E-state index in [4.69, 9.17) is 5.11 Å². The molecule has 1 fully saturated rings. The lowest BCUT2D eigenvalue weighted by Crippen LogP contribution is -2.05. The number of carboxylic acid groups (broad SMARTS) is 1. The van der Waals surface area contributed by atoms with Crippen LogP contribution in [0.3, 0.4) is 0 Å². The zero-order chi connectivity index (χ0) is 18.7. The van der Waals surface area contributed by atoms with Crippen molar-refractivity contribution in [1.82, 2.24) is 0 Å². The molecule has 0 amide bonds. The van der Waals surface area contributed by atoms with E-state index in [1.165, 1.54) is 122 Å². The molecule has 0 atom stereocenters. The lowest BCUT2D eigenvalue weighted by atomic mass is 9.85. The first-order valence-electron chi connectivity index (χ1n) is 12.0. The van der Waals surface area contributed by atoms with Crippen LogP contribution in [0, 0.1) is 5.92 Å². The predicted octanol–water partition coefficient (Wildman–Crippen LogP) is 8.28. The summed E-state index contributed by atoms with van der Waals surface area (Å²) in [4.78, 5) is 10.4. The van der Waals surface area contributed by atoms with Crippen LogP contribution in [0.2, 0.25) is 0 Å². The zero-order valence-corrected chi connectivity index (χ0v) is 17.5. The molecule has 26 heavy (non-hydrogen) atoms. The van der Waals surface area contributed by atoms with Gasteiger partial charge in [0.05, 0.1) is 0 Å². The van der Waals surface area contributed by atoms with E-state index in [0.29, 0.717) is 6.42 Å². The summed E-state index contributed by atoms with van der Waals surface area (Å²) in [6.07, 6.45) is 29.6. The molecule has 0 bridgehead atoms. The van der Waals surface area contributed by atoms with Crippen LogP contribution in [-0.4, -0.2) is 11.1 Å². The highest BCUT2D eigenvalue weighted by Crippen LogP contribution is 2.28. The fourth-order valence-corrected chi connectivity index (χ4v) is 4.48. The van der Waals surface area contributed by atoms with Crippen molar-refractivity contribution in [2.45, 2.75) is 141 Å². The van der Waals surface area contributed by atoms with Gasteiger partial charge in [0.2, 0.25) is 0 Å². The fraction of sp³-hybridized carbons (Fsp3) is 0.958. The van der Waals surface area contributed by atoms with Gasteiger partial charge in [0.15, 0.2) is 0 Å². The molecule has 0 aromatic rings. The molecule has 0 heterocycles. The molecule has 0 aromatic heterocycles. The molecular formula is C24H46O2. The van der Waals surface area contributed by atoms with Gasteiger partial charge >= 0.3 is 5.97 Å². The number of hydrogen-bond donors (Lipinski definition) is 1. The van der Waals surface area contributed by atoms with Crippen LogP contribution in [-0.2, 0) is 4.79 Å². The van der Waals surface area contributed by atoms with Gasteiger partial charge in [0, 0.05) is 6.42 Å². The second-order valence-corrected chi connectivity index (χ2v) is 8.74. The van der Waals surface area contributed by atoms with Crippen molar-refractivity contribution in [2.75, 3.05) is 0 Å². The standard InChI is InChI=1S/C24H46O2/c25-24(26)22-18-13-11-9-7-5-3-1-2-4-6-8-10-12-15-19-23-20-16-14-17-21-23/h23H,1-22H2,(H,25,26). The number of rotatable bonds is 18. The Kier molecular flexibility index (Phi) is 16.2. The van der Waals surface area contributed by atoms with Gasteiger partial charge in [-0.25, -0.2) is 0 Å². The van der Waals surface area contributed by atoms with E-state index in [0.717, 1.165) is 18.8 Å². The predicted molar refractivity (Wildman–Crippen MR) is 113 cm³/mol. The molecule has 0 saturated heterocycles. The van der Waals surface area contributed by atoms with E-state index in [-0.39, 0.29) is 0 Å². The van der Waals surface area contributed by atoms with Gasteiger partial charge in [0.1, 0.15) is 0 Å². The zero-order valence-electron chi connectivity index (χ0n) is 17.5. The van der Waals surface area contributed by atoms with E-state index in [9.17, 15) is 4.79 Å². The minimum Gasteiger partial charge on any atom is -0.481 e. The molecule has 0 unspecified atom stereocenters. The third-order valence-corrected chi connectivity index (χ3v) is 6.23. The SMILES string of the molecule is O=C(O)CCCCCCCCCCCCCCCCCC1CCCCC1. The van der Waals surface area contributed by atoms with Crippen LogP contribution in [0.5, 0.6) is 0 Å². The lowest BCUT2D eigenvalue weighted by molar-refractivity contribution is -0.137. The Bertz CT molecular complexity index is 307. The molecule has 1 aliphatic rings. The van der Waals surface area contributed by atoms with E-state index in [2.05, 4.69) is 0 Å². The molecule has 1 saturated carbocycles. The average Bonchev–Trinajstić information content (AvgIpc) is 2.65. The highest BCUT2D eigenvalue weighted by atomic mass is 16.4. The Morgan fingerprint density at radius 2 is 0.962 bits per heavy atom. The quantitative estimate of drug-likeness (QED) is 0.248. The number of unbranched alkanes of at least 4 members (excludes halogenated alkanes) is 14. The van der Waals surface area contributed by atoms with Crippen molar-refractivity contribution in [3.05, 3.63) is 0 Å². The van der Waals surface area contributed by atoms with Crippen LogP contribution >= 0.6 is 0 Å². The summed E-state index contributed by atoms with van der Waals surface area (Å²) >= 11 is 0. The molecule has 0 aromatic carbocycles. The average molecular weight is 367 g/mol. The highest BCUT2D eigenvalue weighted by Gasteiger charge is 2.12. The summed E-state index contributed by atoms with van der Waals surface area (Å²) in [5.41, 5.74) is 0. The Balaban J connectivity index is 1.66. The number of aliphatic carboxylic acids is 1. The number of carboxylic acids is 1. The van der Waals surface area contributed by atoms with Crippen molar-refractivity contribution in [1.29, 1.82) is 0 Å². The third kappa shape index (κ3) is 15.7. The van der Waals surface area contributed by atoms with Gasteiger partial charge in [-0.1, -0.05) is 128 Å². The first kappa shape index (κ1) is 23.5. The van der Waals surface area contributed by atoms with E-state index >= 15 is 0 Å². The fourth-order valence-electron chi connectivity index (χ4n) is 4.48. The number of hydrogen-bond acceptors (Lipinski definition) is 1. The maximum atomic E-state index is 10.4. The first-order valence-corrected chi connectivity index (χ1v) is 12.0. The minimum absolute atomic E-state index is 0.348. The Morgan fingerprint density at radius 3 is 1.38 bits per heavy atom. The topological polar surface area (TPSA) is 37.3 Å². The van der Waals surface area contributed by atoms with Crippen molar-refractivity contribution < 1.29 is 9.90 Å². The van der Waals surface area contributed by atoms with Crippen LogP contribution in [0.4, 0.5) is 0 Å². The van der Waals surface area contributed by atoms with Gasteiger partial charge < -0.3 is 5.11 Å². The van der Waals surface area contributed by atoms with Gasteiger partial charge in [-0.15, -0.1) is 0 Å². The lowest BCUT2D eigenvalue weighted by Gasteiger charge is -2.21. The molecule has 1 N–H and O–H groups in total. The van der Waals surface area contributed by atoms with Gasteiger partial charge in [0.25, 0.3) is 0 Å². The molecule has 0 spiro atoms. The molecule has 154 valence electrons. The molecule has 2 nitrogen and oxygen atoms in total. The molecule has 0 aliphatic heterocycles. The summed E-state index contributed by atoms with van der Waals surface area (Å²) in [6, 6.07) is 0. The monoisotopic (exact) mass is 366 g/mol. The maximum absolute atomic E-state index is 10.4. The Labute approximate surface area is 163 Å². The van der Waals surface area contributed by atoms with Gasteiger partial charge in [-0.05, 0) is 12.3 Å². The van der Waals surface area contributed by atoms with Crippen LogP contribution < -0.4 is 0 Å². The van der Waals surface area contributed by atoms with Crippen molar-refractivity contribution in [3.8, 4) is 0 Å². The highest BCUT2D eigenvalue weighted by molar-refractivity contribution is 5.66. The molecule has 1 aliphatic carbocycles. The van der Waals surface area contributed by atoms with Crippen molar-refractivity contribution >= 4 is 5.97 Å².